The van der Waals surface area contributed by atoms with Crippen molar-refractivity contribution >= 4 is 0 Å². The van der Waals surface area contributed by atoms with Crippen molar-refractivity contribution in [3.8, 4) is 0 Å². The van der Waals surface area contributed by atoms with Gasteiger partial charge < -0.3 is 14.7 Å². The van der Waals surface area contributed by atoms with Crippen LogP contribution in [0.4, 0.5) is 0 Å². The van der Waals surface area contributed by atoms with Gasteiger partial charge in [-0.3, -0.25) is 4.90 Å². The summed E-state index contributed by atoms with van der Waals surface area (Å²) in [5.41, 5.74) is 0. The Bertz CT molecular complexity index is 434. The molecule has 0 aliphatic carbocycles. The zero-order chi connectivity index (χ0) is 13.4. The SMILES string of the molecule is CC1NCCC1c1nc(C2CN(C)CCN2C)no1. The van der Waals surface area contributed by atoms with Crippen LogP contribution in [0.25, 0.3) is 0 Å². The minimum absolute atomic E-state index is 0.251. The molecule has 0 aromatic carbocycles. The molecule has 6 nitrogen and oxygen atoms in total. The van der Waals surface area contributed by atoms with Crippen LogP contribution in [-0.2, 0) is 0 Å². The highest BCUT2D eigenvalue weighted by molar-refractivity contribution is 5.05. The van der Waals surface area contributed by atoms with E-state index in [1.165, 1.54) is 0 Å². The van der Waals surface area contributed by atoms with Crippen molar-refractivity contribution in [1.82, 2.24) is 25.3 Å². The quantitative estimate of drug-likeness (QED) is 0.838. The molecule has 3 heterocycles. The van der Waals surface area contributed by atoms with Crippen molar-refractivity contribution in [3.05, 3.63) is 11.7 Å². The molecule has 2 aliphatic rings. The van der Waals surface area contributed by atoms with E-state index < -0.39 is 0 Å². The highest BCUT2D eigenvalue weighted by Crippen LogP contribution is 2.28. The maximum absolute atomic E-state index is 5.51. The summed E-state index contributed by atoms with van der Waals surface area (Å²) < 4.78 is 5.51. The van der Waals surface area contributed by atoms with Crippen LogP contribution in [0.3, 0.4) is 0 Å². The van der Waals surface area contributed by atoms with Gasteiger partial charge in [0.1, 0.15) is 0 Å². The van der Waals surface area contributed by atoms with Gasteiger partial charge >= 0.3 is 0 Å². The summed E-state index contributed by atoms with van der Waals surface area (Å²) in [7, 11) is 4.28. The third-order valence-corrected chi connectivity index (χ3v) is 4.45. The Morgan fingerprint density at radius 3 is 2.89 bits per heavy atom. The second kappa shape index (κ2) is 5.19. The minimum atomic E-state index is 0.251. The number of hydrogen-bond donors (Lipinski definition) is 1. The predicted octanol–water partition coefficient (Wildman–Crippen LogP) is 0.453. The molecule has 1 aromatic heterocycles. The van der Waals surface area contributed by atoms with Crippen molar-refractivity contribution in [2.75, 3.05) is 40.3 Å². The third-order valence-electron chi connectivity index (χ3n) is 4.45. The van der Waals surface area contributed by atoms with Gasteiger partial charge in [0.25, 0.3) is 0 Å². The van der Waals surface area contributed by atoms with Crippen molar-refractivity contribution in [3.63, 3.8) is 0 Å². The van der Waals surface area contributed by atoms with Gasteiger partial charge in [0.2, 0.25) is 5.89 Å². The number of nitrogens with one attached hydrogen (secondary N) is 1. The maximum Gasteiger partial charge on any atom is 0.231 e. The zero-order valence-electron chi connectivity index (χ0n) is 12.0. The Hall–Kier alpha value is -0.980. The number of likely N-dealkylation sites (N-methyl/N-ethyl adjacent to an activating group) is 2. The van der Waals surface area contributed by atoms with Crippen LogP contribution in [0.5, 0.6) is 0 Å². The third kappa shape index (κ3) is 2.52. The molecule has 0 spiro atoms. The fourth-order valence-electron chi connectivity index (χ4n) is 3.02. The molecule has 0 radical (unpaired) electrons. The summed E-state index contributed by atoms with van der Waals surface area (Å²) in [6.07, 6.45) is 1.09. The number of hydrogen-bond acceptors (Lipinski definition) is 6. The molecule has 3 rings (SSSR count). The van der Waals surface area contributed by atoms with E-state index in [4.69, 9.17) is 4.52 Å². The predicted molar refractivity (Wildman–Crippen MR) is 72.0 cm³/mol. The van der Waals surface area contributed by atoms with Crippen LogP contribution in [-0.4, -0.2) is 66.3 Å². The molecule has 3 atom stereocenters. The molecule has 0 saturated carbocycles. The highest BCUT2D eigenvalue weighted by atomic mass is 16.5. The Morgan fingerprint density at radius 1 is 1.32 bits per heavy atom. The summed E-state index contributed by atoms with van der Waals surface area (Å²) in [6, 6.07) is 0.681. The lowest BCUT2D eigenvalue weighted by molar-refractivity contribution is 0.108. The first-order valence-electron chi connectivity index (χ1n) is 7.11. The normalized spacial score (nSPS) is 33.9. The Balaban J connectivity index is 1.76. The minimum Gasteiger partial charge on any atom is -0.339 e. The van der Waals surface area contributed by atoms with E-state index in [1.807, 2.05) is 0 Å². The van der Waals surface area contributed by atoms with Crippen molar-refractivity contribution < 1.29 is 4.52 Å². The molecule has 19 heavy (non-hydrogen) atoms. The number of aromatic nitrogens is 2. The van der Waals surface area contributed by atoms with Crippen LogP contribution in [0, 0.1) is 0 Å². The molecule has 2 fully saturated rings. The molecular weight excluding hydrogens is 242 g/mol. The molecule has 3 unspecified atom stereocenters. The first-order chi connectivity index (χ1) is 9.15. The van der Waals surface area contributed by atoms with E-state index >= 15 is 0 Å². The Morgan fingerprint density at radius 2 is 2.16 bits per heavy atom. The lowest BCUT2D eigenvalue weighted by Crippen LogP contribution is -2.45. The average molecular weight is 265 g/mol. The molecular formula is C13H23N5O. The van der Waals surface area contributed by atoms with E-state index in [1.54, 1.807) is 0 Å². The van der Waals surface area contributed by atoms with Crippen LogP contribution in [0.2, 0.25) is 0 Å². The smallest absolute Gasteiger partial charge is 0.231 e. The second-order valence-corrected chi connectivity index (χ2v) is 5.89. The molecule has 1 N–H and O–H groups in total. The largest absolute Gasteiger partial charge is 0.339 e. The van der Waals surface area contributed by atoms with Crippen molar-refractivity contribution in [1.29, 1.82) is 0 Å². The van der Waals surface area contributed by atoms with Crippen molar-refractivity contribution in [2.45, 2.75) is 31.3 Å². The number of rotatable bonds is 2. The van der Waals surface area contributed by atoms with Gasteiger partial charge in [-0.15, -0.1) is 0 Å². The maximum atomic E-state index is 5.51. The number of piperazine rings is 1. The Labute approximate surface area is 114 Å². The van der Waals surface area contributed by atoms with Crippen LogP contribution in [0.1, 0.15) is 37.0 Å². The summed E-state index contributed by atoms with van der Waals surface area (Å²) in [4.78, 5) is 9.30. The van der Waals surface area contributed by atoms with Crippen molar-refractivity contribution in [2.24, 2.45) is 0 Å². The first-order valence-corrected chi connectivity index (χ1v) is 7.11. The molecule has 2 aliphatic heterocycles. The van der Waals surface area contributed by atoms with Gasteiger partial charge in [0, 0.05) is 25.7 Å². The molecule has 6 heteroatoms. The summed E-state index contributed by atoms with van der Waals surface area (Å²) in [5, 5.41) is 7.65. The van der Waals surface area contributed by atoms with E-state index in [0.29, 0.717) is 12.0 Å². The van der Waals surface area contributed by atoms with Gasteiger partial charge in [-0.1, -0.05) is 5.16 Å². The molecule has 1 aromatic rings. The lowest BCUT2D eigenvalue weighted by Gasteiger charge is -2.35. The van der Waals surface area contributed by atoms with Gasteiger partial charge in [-0.25, -0.2) is 0 Å². The van der Waals surface area contributed by atoms with E-state index in [-0.39, 0.29) is 6.04 Å². The fraction of sp³-hybridized carbons (Fsp3) is 0.846. The van der Waals surface area contributed by atoms with Crippen LogP contribution >= 0.6 is 0 Å². The van der Waals surface area contributed by atoms with Crippen LogP contribution in [0.15, 0.2) is 4.52 Å². The molecule has 2 saturated heterocycles. The average Bonchev–Trinajstić information content (AvgIpc) is 3.00. The van der Waals surface area contributed by atoms with Gasteiger partial charge in [0.15, 0.2) is 5.82 Å². The first kappa shape index (κ1) is 13.0. The zero-order valence-corrected chi connectivity index (χ0v) is 12.0. The second-order valence-electron chi connectivity index (χ2n) is 5.89. The summed E-state index contributed by atoms with van der Waals surface area (Å²) in [5.74, 6) is 2.00. The van der Waals surface area contributed by atoms with Crippen LogP contribution < -0.4 is 5.32 Å². The molecule has 0 amide bonds. The van der Waals surface area contributed by atoms with Gasteiger partial charge in [-0.2, -0.15) is 4.98 Å². The molecule has 0 bridgehead atoms. The summed E-state index contributed by atoms with van der Waals surface area (Å²) >= 11 is 0. The van der Waals surface area contributed by atoms with E-state index in [9.17, 15) is 0 Å². The Kier molecular flexibility index (Phi) is 3.56. The topological polar surface area (TPSA) is 57.4 Å². The lowest BCUT2D eigenvalue weighted by atomic mass is 10.0. The van der Waals surface area contributed by atoms with Gasteiger partial charge in [0.05, 0.1) is 12.0 Å². The van der Waals surface area contributed by atoms with E-state index in [0.717, 1.165) is 44.3 Å². The van der Waals surface area contributed by atoms with Gasteiger partial charge in [-0.05, 0) is 34.0 Å². The monoisotopic (exact) mass is 265 g/mol. The summed E-state index contributed by atoms with van der Waals surface area (Å²) in [6.45, 7) is 6.33. The highest BCUT2D eigenvalue weighted by Gasteiger charge is 2.32. The van der Waals surface area contributed by atoms with E-state index in [2.05, 4.69) is 46.3 Å². The molecule has 106 valence electrons. The standard InChI is InChI=1S/C13H23N5O/c1-9-10(4-5-14-9)13-15-12(16-19-13)11-8-17(2)6-7-18(11)3/h9-11,14H,4-8H2,1-3H3. The number of nitrogens with zero attached hydrogens (tertiary/aromatic N) is 4. The fourth-order valence-corrected chi connectivity index (χ4v) is 3.02.